The van der Waals surface area contributed by atoms with Crippen LogP contribution >= 0.6 is 0 Å². The number of carbonyl (C=O) groups excluding carboxylic acids is 2. The SMILES string of the molecule is C=CCO[C@@]12Oc3ccc(OC(=O)NCC)cc3[C@H]3[C@H](CCCCO)[C@@H](CCCCO)C=C(C(=NOCc4ccc([N+](=O)[O-])cc4)C[C@@H]1N(Cc1ccc4c(c1)OCO4)C(=O)OCCCCCCCCCCCC)[C@H]32. The number of oxime groups is 1. The number of carbonyl (C=O) groups is 2. The molecule has 4 aliphatic rings. The van der Waals surface area contributed by atoms with Gasteiger partial charge in [-0.25, -0.2) is 9.59 Å². The summed E-state index contributed by atoms with van der Waals surface area (Å²) in [4.78, 5) is 47.1. The lowest BCUT2D eigenvalue weighted by atomic mass is 9.55. The van der Waals surface area contributed by atoms with Crippen LogP contribution in [0.2, 0.25) is 0 Å². The first kappa shape index (κ1) is 56.6. The highest BCUT2D eigenvalue weighted by atomic mass is 16.7. The van der Waals surface area contributed by atoms with E-state index in [0.717, 1.165) is 48.8 Å². The molecule has 17 nitrogen and oxygen atoms in total. The summed E-state index contributed by atoms with van der Waals surface area (Å²) in [5.74, 6) is -0.850. The summed E-state index contributed by atoms with van der Waals surface area (Å²) in [6.07, 6.45) is 18.2. The number of fused-ring (bicyclic) bond motifs is 3. The van der Waals surface area contributed by atoms with Gasteiger partial charge in [-0.2, -0.15) is 0 Å². The molecule has 0 aromatic heterocycles. The van der Waals surface area contributed by atoms with Crippen molar-refractivity contribution in [3.63, 3.8) is 0 Å². The van der Waals surface area contributed by atoms with Crippen LogP contribution < -0.4 is 24.3 Å². The number of ether oxygens (including phenoxy) is 6. The first-order valence-electron chi connectivity index (χ1n) is 27.4. The number of nitrogens with one attached hydrogen (secondary N) is 1. The fraction of sp³-hybridized carbons (Fsp3) is 0.569. The highest BCUT2D eigenvalue weighted by molar-refractivity contribution is 6.03. The fourth-order valence-electron chi connectivity index (χ4n) is 11.3. The minimum atomic E-state index is -1.60. The number of nitro groups is 1. The zero-order valence-electron chi connectivity index (χ0n) is 43.9. The van der Waals surface area contributed by atoms with Crippen LogP contribution in [0.5, 0.6) is 23.0 Å². The van der Waals surface area contributed by atoms with E-state index in [-0.39, 0.29) is 70.3 Å². The molecule has 75 heavy (non-hydrogen) atoms. The number of aliphatic hydroxyl groups excluding tert-OH is 2. The minimum Gasteiger partial charge on any atom is -0.459 e. The van der Waals surface area contributed by atoms with Gasteiger partial charge in [-0.15, -0.1) is 6.58 Å². The van der Waals surface area contributed by atoms with Gasteiger partial charge in [0.2, 0.25) is 12.6 Å². The first-order valence-corrected chi connectivity index (χ1v) is 27.4. The first-order chi connectivity index (χ1) is 36.6. The molecule has 2 aliphatic carbocycles. The molecule has 2 heterocycles. The Labute approximate surface area is 441 Å². The third kappa shape index (κ3) is 14.6. The molecular weight excluding hydrogens is 961 g/mol. The number of nitrogens with zero attached hydrogens (tertiary/aromatic N) is 3. The van der Waals surface area contributed by atoms with E-state index < -0.39 is 40.8 Å². The summed E-state index contributed by atoms with van der Waals surface area (Å²) in [7, 11) is 0. The number of allylic oxidation sites excluding steroid dienone is 1. The fourth-order valence-corrected chi connectivity index (χ4v) is 11.3. The Morgan fingerprint density at radius 3 is 2.27 bits per heavy atom. The van der Waals surface area contributed by atoms with Crippen molar-refractivity contribution in [3.05, 3.63) is 112 Å². The van der Waals surface area contributed by atoms with Crippen LogP contribution in [0.25, 0.3) is 0 Å². The number of benzene rings is 3. The second-order valence-corrected chi connectivity index (χ2v) is 20.0. The third-order valence-corrected chi connectivity index (χ3v) is 14.9. The van der Waals surface area contributed by atoms with E-state index in [4.69, 9.17) is 38.4 Å². The number of nitro benzene ring substituents is 1. The second kappa shape index (κ2) is 28.7. The predicted octanol–water partition coefficient (Wildman–Crippen LogP) is 11.8. The molecule has 7 rings (SSSR count). The molecule has 0 radical (unpaired) electrons. The van der Waals surface area contributed by atoms with Gasteiger partial charge in [-0.1, -0.05) is 101 Å². The number of amides is 2. The quantitative estimate of drug-likeness (QED) is 0.0237. The van der Waals surface area contributed by atoms with Gasteiger partial charge in [0.25, 0.3) is 5.69 Å². The van der Waals surface area contributed by atoms with E-state index in [0.29, 0.717) is 72.9 Å². The van der Waals surface area contributed by atoms with Crippen molar-refractivity contribution < 1.29 is 58.0 Å². The topological polar surface area (TPSA) is 210 Å². The Morgan fingerprint density at radius 2 is 1.56 bits per heavy atom. The van der Waals surface area contributed by atoms with Crippen LogP contribution in [0.4, 0.5) is 15.3 Å². The molecule has 3 aromatic carbocycles. The van der Waals surface area contributed by atoms with Gasteiger partial charge in [0.05, 0.1) is 29.8 Å². The lowest BCUT2D eigenvalue weighted by molar-refractivity contribution is -0.384. The van der Waals surface area contributed by atoms with E-state index in [2.05, 4.69) is 24.9 Å². The van der Waals surface area contributed by atoms with Crippen LogP contribution in [-0.4, -0.2) is 89.5 Å². The maximum absolute atomic E-state index is 15.2. The van der Waals surface area contributed by atoms with Crippen molar-refractivity contribution >= 4 is 23.6 Å². The number of rotatable bonds is 31. The molecule has 3 N–H and O–H groups in total. The third-order valence-electron chi connectivity index (χ3n) is 14.9. The predicted molar refractivity (Wildman–Crippen MR) is 284 cm³/mol. The van der Waals surface area contributed by atoms with Crippen LogP contribution in [0.15, 0.2) is 90.1 Å². The highest BCUT2D eigenvalue weighted by Gasteiger charge is 2.66. The van der Waals surface area contributed by atoms with Crippen molar-refractivity contribution in [2.24, 2.45) is 22.9 Å². The van der Waals surface area contributed by atoms with Crippen LogP contribution in [0, 0.1) is 27.9 Å². The molecule has 408 valence electrons. The number of hydrogen-bond donors (Lipinski definition) is 3. The Kier molecular flexibility index (Phi) is 21.6. The molecule has 0 unspecified atom stereocenters. The molecular formula is C58H78N4O13. The Bertz CT molecular complexity index is 2410. The summed E-state index contributed by atoms with van der Waals surface area (Å²) >= 11 is 0. The summed E-state index contributed by atoms with van der Waals surface area (Å²) in [6, 6.07) is 16.1. The average molecular weight is 1040 g/mol. The van der Waals surface area contributed by atoms with Gasteiger partial charge in [-0.05, 0) is 110 Å². The number of unbranched alkanes of at least 4 members (excludes halogenated alkanes) is 11. The number of non-ortho nitro benzene ring substituents is 1. The molecule has 2 amide bonds. The van der Waals surface area contributed by atoms with Crippen molar-refractivity contribution in [3.8, 4) is 23.0 Å². The highest BCUT2D eigenvalue weighted by Crippen LogP contribution is 2.62. The van der Waals surface area contributed by atoms with E-state index in [9.17, 15) is 25.1 Å². The Balaban J connectivity index is 1.35. The van der Waals surface area contributed by atoms with Gasteiger partial charge in [0.15, 0.2) is 11.5 Å². The lowest BCUT2D eigenvalue weighted by Crippen LogP contribution is -2.70. The molecule has 2 aliphatic heterocycles. The van der Waals surface area contributed by atoms with Gasteiger partial charge in [-0.3, -0.25) is 15.0 Å². The molecule has 6 atom stereocenters. The zero-order valence-corrected chi connectivity index (χ0v) is 43.9. The van der Waals surface area contributed by atoms with E-state index in [1.54, 1.807) is 35.2 Å². The van der Waals surface area contributed by atoms with Gasteiger partial charge >= 0.3 is 12.2 Å². The zero-order chi connectivity index (χ0) is 53.0. The van der Waals surface area contributed by atoms with Crippen LogP contribution in [-0.2, 0) is 27.5 Å². The minimum absolute atomic E-state index is 0.00295. The molecule has 1 saturated carbocycles. The largest absolute Gasteiger partial charge is 0.459 e. The summed E-state index contributed by atoms with van der Waals surface area (Å²) < 4.78 is 38.2. The molecule has 3 aromatic rings. The van der Waals surface area contributed by atoms with Crippen LogP contribution in [0.1, 0.15) is 146 Å². The second-order valence-electron chi connectivity index (χ2n) is 20.0. The normalized spacial score (nSPS) is 21.5. The van der Waals surface area contributed by atoms with Gasteiger partial charge in [0, 0.05) is 56.3 Å². The summed E-state index contributed by atoms with van der Waals surface area (Å²) in [6.45, 7) is 8.92. The van der Waals surface area contributed by atoms with Crippen molar-refractivity contribution in [1.29, 1.82) is 0 Å². The maximum Gasteiger partial charge on any atom is 0.412 e. The lowest BCUT2D eigenvalue weighted by Gasteiger charge is -2.59. The standard InChI is InChI=1S/C58H78N4O13/c1-4-7-8-9-10-11-12-13-14-19-33-69-57(66)61(38-42-24-28-51-52(34-42)71-40-70-51)53-37-49(60-73-39-41-22-25-44(26-23-41)62(67)68)47-35-43(20-15-17-30-63)46(21-16-18-31-64)54-48-36-45(74-56(65)59-6-3)27-29-50(48)75-58(53,55(47)54)72-32-5-2/h5,22-29,34-36,43,46,53-55,63-64H,2,4,6-21,30-33,37-40H2,1,3H3,(H,59,65)/t43-,46+,53-,54+,55+,58+/m0/s1. The molecule has 0 bridgehead atoms. The molecule has 0 spiro atoms. The average Bonchev–Trinajstić information content (AvgIpc) is 3.88. The summed E-state index contributed by atoms with van der Waals surface area (Å²) in [5.41, 5.74) is 3.50. The molecule has 17 heteroatoms. The van der Waals surface area contributed by atoms with E-state index in [1.165, 1.54) is 50.7 Å². The van der Waals surface area contributed by atoms with Crippen molar-refractivity contribution in [2.75, 3.05) is 39.8 Å². The smallest absolute Gasteiger partial charge is 0.412 e. The van der Waals surface area contributed by atoms with Gasteiger partial charge in [0.1, 0.15) is 24.1 Å². The van der Waals surface area contributed by atoms with Crippen molar-refractivity contribution in [1.82, 2.24) is 10.2 Å². The Morgan fingerprint density at radius 1 is 0.867 bits per heavy atom. The summed E-state index contributed by atoms with van der Waals surface area (Å²) in [5, 5.41) is 39.2. The maximum atomic E-state index is 15.2. The van der Waals surface area contributed by atoms with Crippen LogP contribution in [0.3, 0.4) is 0 Å². The number of aliphatic hydroxyl groups is 2. The van der Waals surface area contributed by atoms with E-state index in [1.807, 2.05) is 31.2 Å². The number of hydrogen-bond acceptors (Lipinski definition) is 14. The molecule has 0 saturated heterocycles. The Hall–Kier alpha value is -6.17. The molecule has 1 fully saturated rings. The van der Waals surface area contributed by atoms with E-state index >= 15 is 4.79 Å². The monoisotopic (exact) mass is 1040 g/mol. The van der Waals surface area contributed by atoms with Crippen molar-refractivity contribution in [2.45, 2.75) is 154 Å². The van der Waals surface area contributed by atoms with Gasteiger partial charge < -0.3 is 48.8 Å².